The number of amides is 2. The first-order valence-corrected chi connectivity index (χ1v) is 12.6. The van der Waals surface area contributed by atoms with E-state index in [1.165, 1.54) is 0 Å². The van der Waals surface area contributed by atoms with Gasteiger partial charge in [-0.2, -0.15) is 8.75 Å². The molecule has 0 saturated carbocycles. The number of benzene rings is 3. The molecule has 9 heteroatoms. The van der Waals surface area contributed by atoms with Crippen molar-refractivity contribution in [2.24, 2.45) is 5.16 Å². The third-order valence-corrected chi connectivity index (χ3v) is 6.73. The lowest BCUT2D eigenvalue weighted by atomic mass is 9.90. The van der Waals surface area contributed by atoms with E-state index in [4.69, 9.17) is 4.84 Å². The maximum atomic E-state index is 14.2. The highest BCUT2D eigenvalue weighted by molar-refractivity contribution is 7.00. The zero-order valence-corrected chi connectivity index (χ0v) is 20.8. The Morgan fingerprint density at radius 3 is 2.43 bits per heavy atom. The van der Waals surface area contributed by atoms with E-state index >= 15 is 0 Å². The Balaban J connectivity index is 1.48. The molecule has 2 amide bonds. The zero-order chi connectivity index (χ0) is 25.6. The third kappa shape index (κ3) is 5.26. The fraction of sp³-hybridized carbons (Fsp3) is 0.179. The van der Waals surface area contributed by atoms with Crippen LogP contribution in [0.3, 0.4) is 0 Å². The lowest BCUT2D eigenvalue weighted by Gasteiger charge is -2.28. The molecule has 4 aromatic rings. The molecule has 0 radical (unpaired) electrons. The number of nitrogens with one attached hydrogen (secondary N) is 1. The maximum absolute atomic E-state index is 14.2. The van der Waals surface area contributed by atoms with Crippen molar-refractivity contribution in [1.29, 1.82) is 0 Å². The van der Waals surface area contributed by atoms with Gasteiger partial charge >= 0.3 is 0 Å². The van der Waals surface area contributed by atoms with Gasteiger partial charge in [-0.15, -0.1) is 0 Å². The van der Waals surface area contributed by atoms with Crippen LogP contribution in [0, 0.1) is 0 Å². The first kappa shape index (κ1) is 24.3. The van der Waals surface area contributed by atoms with E-state index < -0.39 is 12.0 Å². The summed E-state index contributed by atoms with van der Waals surface area (Å²) in [6.45, 7) is 4.06. The number of anilines is 1. The molecule has 1 N–H and O–H groups in total. The lowest BCUT2D eigenvalue weighted by molar-refractivity contribution is -0.137. The Hall–Kier alpha value is -4.37. The molecule has 1 fully saturated rings. The topological polar surface area (TPSA) is 96.8 Å². The number of hydrogen-bond acceptors (Lipinski definition) is 7. The van der Waals surface area contributed by atoms with Gasteiger partial charge in [0.2, 0.25) is 11.8 Å². The summed E-state index contributed by atoms with van der Waals surface area (Å²) in [6.07, 6.45) is 1.85. The van der Waals surface area contributed by atoms with Gasteiger partial charge in [0, 0.05) is 6.42 Å². The number of oxime groups is 1. The first-order chi connectivity index (χ1) is 18.2. The number of carbonyl (C=O) groups is 2. The Morgan fingerprint density at radius 2 is 1.76 bits per heavy atom. The highest BCUT2D eigenvalue weighted by Gasteiger charge is 2.41. The maximum Gasteiger partial charge on any atom is 0.247 e. The SMILES string of the molecule is C=CCO/N=C1\C[C@@H](C(=O)Nc2cccc3nsnc23)N(C(=O)C(c2ccccc2)c2ccccc2)C1. The van der Waals surface area contributed by atoms with Crippen LogP contribution in [0.2, 0.25) is 0 Å². The van der Waals surface area contributed by atoms with Crippen LogP contribution in [0.1, 0.15) is 23.5 Å². The highest BCUT2D eigenvalue weighted by atomic mass is 32.1. The van der Waals surface area contributed by atoms with Crippen LogP contribution >= 0.6 is 11.7 Å². The normalized spacial score (nSPS) is 16.3. The van der Waals surface area contributed by atoms with Crippen molar-refractivity contribution < 1.29 is 14.4 Å². The number of hydrogen-bond donors (Lipinski definition) is 1. The summed E-state index contributed by atoms with van der Waals surface area (Å²) in [5.41, 5.74) is 4.19. The summed E-state index contributed by atoms with van der Waals surface area (Å²) in [5, 5.41) is 7.15. The highest BCUT2D eigenvalue weighted by Crippen LogP contribution is 2.31. The Bertz CT molecular complexity index is 1400. The lowest BCUT2D eigenvalue weighted by Crippen LogP contribution is -2.45. The summed E-state index contributed by atoms with van der Waals surface area (Å²) in [4.78, 5) is 34.7. The average Bonchev–Trinajstić information content (AvgIpc) is 3.58. The van der Waals surface area contributed by atoms with Crippen LogP contribution in [0.25, 0.3) is 11.0 Å². The van der Waals surface area contributed by atoms with Crippen molar-refractivity contribution in [1.82, 2.24) is 13.6 Å². The fourth-order valence-electron chi connectivity index (χ4n) is 4.48. The van der Waals surface area contributed by atoms with Gasteiger partial charge in [0.15, 0.2) is 0 Å². The van der Waals surface area contributed by atoms with E-state index in [2.05, 4.69) is 25.8 Å². The second kappa shape index (κ2) is 11.1. The van der Waals surface area contributed by atoms with Crippen LogP contribution in [-0.4, -0.2) is 50.4 Å². The molecule has 3 aromatic carbocycles. The molecule has 186 valence electrons. The number of aromatic nitrogens is 2. The monoisotopic (exact) mass is 511 g/mol. The smallest absolute Gasteiger partial charge is 0.247 e. The van der Waals surface area contributed by atoms with Crippen molar-refractivity contribution in [2.45, 2.75) is 18.4 Å². The van der Waals surface area contributed by atoms with Crippen LogP contribution in [0.5, 0.6) is 0 Å². The van der Waals surface area contributed by atoms with E-state index in [1.54, 1.807) is 17.0 Å². The minimum absolute atomic E-state index is 0.181. The van der Waals surface area contributed by atoms with Crippen LogP contribution < -0.4 is 5.32 Å². The van der Waals surface area contributed by atoms with E-state index in [1.807, 2.05) is 72.8 Å². The van der Waals surface area contributed by atoms with Gasteiger partial charge in [-0.05, 0) is 23.3 Å². The van der Waals surface area contributed by atoms with Crippen LogP contribution in [0.4, 0.5) is 5.69 Å². The van der Waals surface area contributed by atoms with Crippen molar-refractivity contribution in [2.75, 3.05) is 18.5 Å². The molecule has 1 aliphatic heterocycles. The fourth-order valence-corrected chi connectivity index (χ4v) is 5.02. The largest absolute Gasteiger partial charge is 0.392 e. The van der Waals surface area contributed by atoms with Gasteiger partial charge in [0.25, 0.3) is 0 Å². The number of carbonyl (C=O) groups excluding carboxylic acids is 2. The predicted molar refractivity (Wildman–Crippen MR) is 144 cm³/mol. The second-order valence-corrected chi connectivity index (χ2v) is 9.14. The number of fused-ring (bicyclic) bond motifs is 1. The summed E-state index contributed by atoms with van der Waals surface area (Å²) in [7, 11) is 0. The van der Waals surface area contributed by atoms with Gasteiger partial charge < -0.3 is 15.1 Å². The Labute approximate surface area is 218 Å². The first-order valence-electron chi connectivity index (χ1n) is 11.9. The molecule has 8 nitrogen and oxygen atoms in total. The van der Waals surface area contributed by atoms with Gasteiger partial charge in [0.1, 0.15) is 23.7 Å². The van der Waals surface area contributed by atoms with Gasteiger partial charge in [0.05, 0.1) is 35.6 Å². The molecule has 1 aromatic heterocycles. The zero-order valence-electron chi connectivity index (χ0n) is 20.0. The third-order valence-electron chi connectivity index (χ3n) is 6.19. The standard InChI is InChI=1S/C28H25N5O3S/c1-2-16-36-30-21-17-24(27(34)29-22-14-9-15-23-26(22)32-37-31-23)33(18-21)28(35)25(19-10-5-3-6-11-19)20-12-7-4-8-13-20/h2-15,24-25H,1,16-18H2,(H,29,34)/b30-21+/t24-/m0/s1. The number of rotatable bonds is 8. The molecule has 37 heavy (non-hydrogen) atoms. The predicted octanol–water partition coefficient (Wildman–Crippen LogP) is 4.62. The summed E-state index contributed by atoms with van der Waals surface area (Å²) >= 11 is 1.08. The van der Waals surface area contributed by atoms with Gasteiger partial charge in [-0.25, -0.2) is 0 Å². The molecule has 5 rings (SSSR count). The molecule has 1 aliphatic rings. The van der Waals surface area contributed by atoms with E-state index in [0.717, 1.165) is 22.9 Å². The molecule has 0 spiro atoms. The van der Waals surface area contributed by atoms with Gasteiger partial charge in [-0.3, -0.25) is 9.59 Å². The van der Waals surface area contributed by atoms with Gasteiger partial charge in [-0.1, -0.05) is 84.5 Å². The Morgan fingerprint density at radius 1 is 1.05 bits per heavy atom. The summed E-state index contributed by atoms with van der Waals surface area (Å²) in [6, 6.07) is 23.8. The van der Waals surface area contributed by atoms with Crippen molar-refractivity contribution in [3.8, 4) is 0 Å². The van der Waals surface area contributed by atoms with Crippen molar-refractivity contribution in [3.63, 3.8) is 0 Å². The quantitative estimate of drug-likeness (QED) is 0.212. The minimum Gasteiger partial charge on any atom is -0.392 e. The molecule has 1 atom stereocenters. The average molecular weight is 512 g/mol. The van der Waals surface area contributed by atoms with Crippen molar-refractivity contribution >= 4 is 46.0 Å². The molecule has 0 bridgehead atoms. The molecular weight excluding hydrogens is 486 g/mol. The van der Waals surface area contributed by atoms with Crippen molar-refractivity contribution in [3.05, 3.63) is 103 Å². The van der Waals surface area contributed by atoms with Crippen LogP contribution in [-0.2, 0) is 14.4 Å². The van der Waals surface area contributed by atoms with E-state index in [0.29, 0.717) is 22.4 Å². The second-order valence-electron chi connectivity index (χ2n) is 8.61. The minimum atomic E-state index is -0.768. The van der Waals surface area contributed by atoms with E-state index in [-0.39, 0.29) is 31.4 Å². The number of nitrogens with zero attached hydrogens (tertiary/aromatic N) is 4. The molecule has 1 saturated heterocycles. The summed E-state index contributed by atoms with van der Waals surface area (Å²) in [5.74, 6) is -1.07. The molecular formula is C28H25N5O3S. The molecule has 0 aliphatic carbocycles. The molecule has 0 unspecified atom stereocenters. The summed E-state index contributed by atoms with van der Waals surface area (Å²) < 4.78 is 8.55. The van der Waals surface area contributed by atoms with Crippen LogP contribution in [0.15, 0.2) is 96.7 Å². The molecule has 2 heterocycles. The van der Waals surface area contributed by atoms with E-state index in [9.17, 15) is 9.59 Å². The number of likely N-dealkylation sites (tertiary alicyclic amines) is 1. The Kier molecular flexibility index (Phi) is 7.32.